The summed E-state index contributed by atoms with van der Waals surface area (Å²) < 4.78 is 24.1. The normalized spacial score (nSPS) is 10.6. The van der Waals surface area contributed by atoms with E-state index in [1.807, 2.05) is 13.8 Å². The molecule has 2 rings (SSSR count). The van der Waals surface area contributed by atoms with Gasteiger partial charge in [-0.3, -0.25) is 9.59 Å². The van der Waals surface area contributed by atoms with Gasteiger partial charge in [0.15, 0.2) is 11.5 Å². The lowest BCUT2D eigenvalue weighted by molar-refractivity contribution is -0.124. The minimum atomic E-state index is -0.395. The summed E-state index contributed by atoms with van der Waals surface area (Å²) in [6.45, 7) is 5.01. The van der Waals surface area contributed by atoms with Gasteiger partial charge in [0, 0.05) is 18.5 Å². The van der Waals surface area contributed by atoms with E-state index in [0.717, 1.165) is 12.0 Å². The molecule has 0 aliphatic heterocycles. The maximum Gasteiger partial charge on any atom is 0.240 e. The van der Waals surface area contributed by atoms with Crippen LogP contribution in [0.1, 0.15) is 38.7 Å². The van der Waals surface area contributed by atoms with Crippen molar-refractivity contribution < 1.29 is 23.5 Å². The fourth-order valence-corrected chi connectivity index (χ4v) is 2.42. The van der Waals surface area contributed by atoms with E-state index in [9.17, 15) is 14.0 Å². The highest BCUT2D eigenvalue weighted by Gasteiger charge is 2.08. The molecule has 7 nitrogen and oxygen atoms in total. The number of ether oxygens (including phenoxy) is 2. The van der Waals surface area contributed by atoms with Gasteiger partial charge in [-0.15, -0.1) is 0 Å². The Kier molecular flexibility index (Phi) is 9.30. The predicted molar refractivity (Wildman–Crippen MR) is 113 cm³/mol. The van der Waals surface area contributed by atoms with Gasteiger partial charge in [-0.25, -0.2) is 9.82 Å². The number of hydrazone groups is 1. The molecule has 0 fully saturated rings. The van der Waals surface area contributed by atoms with Crippen molar-refractivity contribution in [2.45, 2.75) is 33.1 Å². The summed E-state index contributed by atoms with van der Waals surface area (Å²) in [5.41, 5.74) is 3.59. The Labute approximate surface area is 175 Å². The van der Waals surface area contributed by atoms with E-state index < -0.39 is 5.91 Å². The van der Waals surface area contributed by atoms with Gasteiger partial charge in [-0.2, -0.15) is 5.10 Å². The third-order valence-electron chi connectivity index (χ3n) is 3.84. The highest BCUT2D eigenvalue weighted by molar-refractivity contribution is 5.93. The van der Waals surface area contributed by atoms with E-state index in [4.69, 9.17) is 9.47 Å². The molecule has 0 heterocycles. The molecule has 0 saturated heterocycles. The minimum Gasteiger partial charge on any atom is -0.490 e. The van der Waals surface area contributed by atoms with Crippen molar-refractivity contribution in [2.24, 2.45) is 5.10 Å². The molecule has 0 saturated carbocycles. The highest BCUT2D eigenvalue weighted by atomic mass is 19.1. The van der Waals surface area contributed by atoms with Crippen LogP contribution in [0.15, 0.2) is 47.6 Å². The summed E-state index contributed by atoms with van der Waals surface area (Å²) in [6, 6.07) is 10.8. The molecule has 8 heteroatoms. The molecule has 0 radical (unpaired) electrons. The van der Waals surface area contributed by atoms with Crippen LogP contribution in [0.2, 0.25) is 0 Å². The van der Waals surface area contributed by atoms with E-state index in [0.29, 0.717) is 30.4 Å². The number of rotatable bonds is 11. The summed E-state index contributed by atoms with van der Waals surface area (Å²) in [7, 11) is 0. The molecule has 0 atom stereocenters. The van der Waals surface area contributed by atoms with Crippen molar-refractivity contribution >= 4 is 23.7 Å². The van der Waals surface area contributed by atoms with Gasteiger partial charge in [0.2, 0.25) is 11.8 Å². The standard InChI is InChI=1S/C22H26FN3O4/c1-3-13-30-19-10-5-16(14-20(19)29-4-2)15-24-26-22(28)12-11-21(27)25-18-8-6-17(23)7-9-18/h5-10,14-15H,3-4,11-13H2,1-2H3,(H,25,27)(H,26,28). The zero-order chi connectivity index (χ0) is 21.8. The number of carbonyl (C=O) groups excluding carboxylic acids is 2. The van der Waals surface area contributed by atoms with Crippen LogP contribution in [0.25, 0.3) is 0 Å². The number of amides is 2. The summed E-state index contributed by atoms with van der Waals surface area (Å²) in [6.07, 6.45) is 2.33. The third-order valence-corrected chi connectivity index (χ3v) is 3.84. The molecule has 2 N–H and O–H groups in total. The van der Waals surface area contributed by atoms with E-state index in [-0.39, 0.29) is 24.6 Å². The fraction of sp³-hybridized carbons (Fsp3) is 0.318. The highest BCUT2D eigenvalue weighted by Crippen LogP contribution is 2.28. The first-order chi connectivity index (χ1) is 14.5. The van der Waals surface area contributed by atoms with Crippen molar-refractivity contribution in [2.75, 3.05) is 18.5 Å². The average Bonchev–Trinajstić information content (AvgIpc) is 2.73. The monoisotopic (exact) mass is 415 g/mol. The number of anilines is 1. The first-order valence-electron chi connectivity index (χ1n) is 9.78. The van der Waals surface area contributed by atoms with Crippen LogP contribution in [0.5, 0.6) is 11.5 Å². The van der Waals surface area contributed by atoms with Gasteiger partial charge in [0.25, 0.3) is 0 Å². The second-order valence-electron chi connectivity index (χ2n) is 6.34. The lowest BCUT2D eigenvalue weighted by Gasteiger charge is -2.11. The summed E-state index contributed by atoms with van der Waals surface area (Å²) >= 11 is 0. The Balaban J connectivity index is 1.81. The first kappa shape index (κ1) is 22.9. The second-order valence-corrected chi connectivity index (χ2v) is 6.34. The van der Waals surface area contributed by atoms with Crippen molar-refractivity contribution in [3.05, 3.63) is 53.8 Å². The quantitative estimate of drug-likeness (QED) is 0.431. The molecule has 0 unspecified atom stereocenters. The Morgan fingerprint density at radius 3 is 2.43 bits per heavy atom. The van der Waals surface area contributed by atoms with Gasteiger partial charge in [0.05, 0.1) is 19.4 Å². The maximum absolute atomic E-state index is 12.9. The minimum absolute atomic E-state index is 0.0172. The van der Waals surface area contributed by atoms with Crippen LogP contribution in [0, 0.1) is 5.82 Å². The molecule has 0 bridgehead atoms. The summed E-state index contributed by atoms with van der Waals surface area (Å²) in [4.78, 5) is 23.7. The molecule has 2 aromatic rings. The van der Waals surface area contributed by atoms with Crippen LogP contribution >= 0.6 is 0 Å². The Morgan fingerprint density at radius 2 is 1.73 bits per heavy atom. The first-order valence-corrected chi connectivity index (χ1v) is 9.78. The lowest BCUT2D eigenvalue weighted by Crippen LogP contribution is -2.20. The molecule has 160 valence electrons. The van der Waals surface area contributed by atoms with Crippen LogP contribution in [-0.4, -0.2) is 31.2 Å². The topological polar surface area (TPSA) is 89.0 Å². The zero-order valence-electron chi connectivity index (χ0n) is 17.1. The number of hydrogen-bond acceptors (Lipinski definition) is 5. The van der Waals surface area contributed by atoms with Crippen molar-refractivity contribution in [3.8, 4) is 11.5 Å². The molecular formula is C22H26FN3O4. The van der Waals surface area contributed by atoms with Crippen molar-refractivity contribution in [1.82, 2.24) is 5.43 Å². The lowest BCUT2D eigenvalue weighted by atomic mass is 10.2. The van der Waals surface area contributed by atoms with Crippen LogP contribution in [0.3, 0.4) is 0 Å². The molecule has 0 aliphatic rings. The molecule has 2 amide bonds. The molecule has 2 aromatic carbocycles. The van der Waals surface area contributed by atoms with Gasteiger partial charge in [0.1, 0.15) is 5.82 Å². The third kappa shape index (κ3) is 7.90. The number of carbonyl (C=O) groups is 2. The second kappa shape index (κ2) is 12.2. The number of benzene rings is 2. The van der Waals surface area contributed by atoms with Gasteiger partial charge in [-0.05, 0) is 61.4 Å². The predicted octanol–water partition coefficient (Wildman–Crippen LogP) is 3.88. The summed E-state index contributed by atoms with van der Waals surface area (Å²) in [5.74, 6) is 0.144. The molecule has 30 heavy (non-hydrogen) atoms. The molecule has 0 aromatic heterocycles. The Hall–Kier alpha value is -3.42. The van der Waals surface area contributed by atoms with E-state index in [1.54, 1.807) is 18.2 Å². The number of halogens is 1. The van der Waals surface area contributed by atoms with E-state index in [1.165, 1.54) is 30.5 Å². The summed E-state index contributed by atoms with van der Waals surface area (Å²) in [5, 5.41) is 6.51. The number of nitrogens with one attached hydrogen (secondary N) is 2. The number of hydrogen-bond donors (Lipinski definition) is 2. The number of nitrogens with zero attached hydrogens (tertiary/aromatic N) is 1. The average molecular weight is 415 g/mol. The van der Waals surface area contributed by atoms with Gasteiger partial charge < -0.3 is 14.8 Å². The Bertz CT molecular complexity index is 869. The maximum atomic E-state index is 12.9. The van der Waals surface area contributed by atoms with Gasteiger partial charge >= 0.3 is 0 Å². The Morgan fingerprint density at radius 1 is 1.00 bits per heavy atom. The van der Waals surface area contributed by atoms with E-state index in [2.05, 4.69) is 15.8 Å². The zero-order valence-corrected chi connectivity index (χ0v) is 17.1. The van der Waals surface area contributed by atoms with Crippen molar-refractivity contribution in [1.29, 1.82) is 0 Å². The van der Waals surface area contributed by atoms with Crippen LogP contribution in [0.4, 0.5) is 10.1 Å². The fourth-order valence-electron chi connectivity index (χ4n) is 2.42. The van der Waals surface area contributed by atoms with Crippen LogP contribution in [-0.2, 0) is 9.59 Å². The molecular weight excluding hydrogens is 389 g/mol. The smallest absolute Gasteiger partial charge is 0.240 e. The van der Waals surface area contributed by atoms with Crippen molar-refractivity contribution in [3.63, 3.8) is 0 Å². The van der Waals surface area contributed by atoms with Crippen LogP contribution < -0.4 is 20.2 Å². The van der Waals surface area contributed by atoms with Gasteiger partial charge in [-0.1, -0.05) is 6.92 Å². The SMILES string of the molecule is CCCOc1ccc(C=NNC(=O)CCC(=O)Nc2ccc(F)cc2)cc1OCC. The molecule has 0 spiro atoms. The van der Waals surface area contributed by atoms with E-state index >= 15 is 0 Å². The molecule has 0 aliphatic carbocycles. The largest absolute Gasteiger partial charge is 0.490 e.